The van der Waals surface area contributed by atoms with Crippen LogP contribution in [0.25, 0.3) is 5.57 Å². The van der Waals surface area contributed by atoms with Gasteiger partial charge in [0.05, 0.1) is 0 Å². The van der Waals surface area contributed by atoms with Crippen LogP contribution in [0.1, 0.15) is 12.0 Å². The summed E-state index contributed by atoms with van der Waals surface area (Å²) in [6.07, 6.45) is 6.45. The van der Waals surface area contributed by atoms with Gasteiger partial charge in [0.15, 0.2) is 0 Å². The average molecular weight is 185 g/mol. The first kappa shape index (κ1) is 8.75. The molecule has 1 aliphatic rings. The molecule has 2 nitrogen and oxygen atoms in total. The lowest BCUT2D eigenvalue weighted by molar-refractivity contribution is 0.475. The van der Waals surface area contributed by atoms with E-state index in [0.29, 0.717) is 12.1 Å². The minimum Gasteiger partial charge on any atom is -0.508 e. The SMILES string of the molecule is N=C1C=CC(c2ccc(O)cc2)=CC1. The van der Waals surface area contributed by atoms with Gasteiger partial charge in [0, 0.05) is 12.1 Å². The van der Waals surface area contributed by atoms with Crippen LogP contribution in [-0.4, -0.2) is 10.8 Å². The number of phenolic OH excluding ortho intramolecular Hbond substituents is 1. The molecule has 0 unspecified atom stereocenters. The van der Waals surface area contributed by atoms with Crippen molar-refractivity contribution in [2.75, 3.05) is 0 Å². The van der Waals surface area contributed by atoms with E-state index in [0.717, 1.165) is 11.1 Å². The van der Waals surface area contributed by atoms with E-state index in [1.807, 2.05) is 30.4 Å². The predicted molar refractivity (Wildman–Crippen MR) is 57.6 cm³/mol. The zero-order chi connectivity index (χ0) is 9.97. The first-order valence-corrected chi connectivity index (χ1v) is 4.51. The van der Waals surface area contributed by atoms with Crippen LogP contribution < -0.4 is 0 Å². The van der Waals surface area contributed by atoms with Crippen LogP contribution in [0.5, 0.6) is 5.75 Å². The van der Waals surface area contributed by atoms with E-state index in [2.05, 4.69) is 0 Å². The van der Waals surface area contributed by atoms with Gasteiger partial charge in [0.2, 0.25) is 0 Å². The summed E-state index contributed by atoms with van der Waals surface area (Å²) in [4.78, 5) is 0. The lowest BCUT2D eigenvalue weighted by Crippen LogP contribution is -1.94. The van der Waals surface area contributed by atoms with Gasteiger partial charge >= 0.3 is 0 Å². The summed E-state index contributed by atoms with van der Waals surface area (Å²) < 4.78 is 0. The first-order valence-electron chi connectivity index (χ1n) is 4.51. The summed E-state index contributed by atoms with van der Waals surface area (Å²) in [7, 11) is 0. The molecule has 0 fully saturated rings. The fourth-order valence-electron chi connectivity index (χ4n) is 1.41. The molecule has 1 aromatic rings. The van der Waals surface area contributed by atoms with Crippen molar-refractivity contribution in [3.63, 3.8) is 0 Å². The molecule has 0 spiro atoms. The monoisotopic (exact) mass is 185 g/mol. The van der Waals surface area contributed by atoms with E-state index in [4.69, 9.17) is 10.5 Å². The third-order valence-electron chi connectivity index (χ3n) is 2.21. The van der Waals surface area contributed by atoms with Crippen molar-refractivity contribution < 1.29 is 5.11 Å². The van der Waals surface area contributed by atoms with Crippen LogP contribution in [0.4, 0.5) is 0 Å². The fourth-order valence-corrected chi connectivity index (χ4v) is 1.41. The Morgan fingerprint density at radius 2 is 1.79 bits per heavy atom. The lowest BCUT2D eigenvalue weighted by atomic mass is 9.99. The van der Waals surface area contributed by atoms with Gasteiger partial charge in [0.25, 0.3) is 0 Å². The molecule has 2 heteroatoms. The second kappa shape index (κ2) is 3.50. The van der Waals surface area contributed by atoms with Gasteiger partial charge in [-0.1, -0.05) is 24.3 Å². The van der Waals surface area contributed by atoms with Gasteiger partial charge in [-0.3, -0.25) is 0 Å². The van der Waals surface area contributed by atoms with Gasteiger partial charge < -0.3 is 10.5 Å². The van der Waals surface area contributed by atoms with Crippen molar-refractivity contribution in [2.45, 2.75) is 6.42 Å². The highest BCUT2D eigenvalue weighted by Crippen LogP contribution is 2.21. The van der Waals surface area contributed by atoms with Crippen molar-refractivity contribution in [2.24, 2.45) is 0 Å². The topological polar surface area (TPSA) is 44.1 Å². The Morgan fingerprint density at radius 3 is 2.36 bits per heavy atom. The summed E-state index contributed by atoms with van der Waals surface area (Å²) in [5.41, 5.74) is 2.82. The summed E-state index contributed by atoms with van der Waals surface area (Å²) in [6.45, 7) is 0. The fraction of sp³-hybridized carbons (Fsp3) is 0.0833. The summed E-state index contributed by atoms with van der Waals surface area (Å²) >= 11 is 0. The van der Waals surface area contributed by atoms with Crippen LogP contribution >= 0.6 is 0 Å². The summed E-state index contributed by atoms with van der Waals surface area (Å²) in [5.74, 6) is 0.280. The van der Waals surface area contributed by atoms with Crippen LogP contribution in [0.15, 0.2) is 42.5 Å². The molecular formula is C12H11NO. The molecular weight excluding hydrogens is 174 g/mol. The van der Waals surface area contributed by atoms with E-state index >= 15 is 0 Å². The number of nitrogens with one attached hydrogen (secondary N) is 1. The van der Waals surface area contributed by atoms with E-state index in [1.165, 1.54) is 0 Å². The minimum absolute atomic E-state index is 0.280. The van der Waals surface area contributed by atoms with E-state index in [9.17, 15) is 0 Å². The molecule has 14 heavy (non-hydrogen) atoms. The highest BCUT2D eigenvalue weighted by Gasteiger charge is 2.03. The highest BCUT2D eigenvalue weighted by atomic mass is 16.3. The highest BCUT2D eigenvalue weighted by molar-refractivity contribution is 5.99. The van der Waals surface area contributed by atoms with Gasteiger partial charge in [-0.05, 0) is 29.3 Å². The van der Waals surface area contributed by atoms with E-state index in [1.54, 1.807) is 12.1 Å². The van der Waals surface area contributed by atoms with Gasteiger partial charge in [0.1, 0.15) is 5.75 Å². The van der Waals surface area contributed by atoms with Gasteiger partial charge in [-0.2, -0.15) is 0 Å². The van der Waals surface area contributed by atoms with Crippen molar-refractivity contribution in [1.82, 2.24) is 0 Å². The quantitative estimate of drug-likeness (QED) is 0.694. The Balaban J connectivity index is 2.29. The van der Waals surface area contributed by atoms with Crippen LogP contribution in [0.2, 0.25) is 0 Å². The molecule has 0 heterocycles. The Hall–Kier alpha value is -1.83. The molecule has 70 valence electrons. The second-order valence-corrected chi connectivity index (χ2v) is 3.27. The molecule has 0 bridgehead atoms. The Kier molecular flexibility index (Phi) is 2.19. The van der Waals surface area contributed by atoms with Crippen molar-refractivity contribution in [3.8, 4) is 5.75 Å². The van der Waals surface area contributed by atoms with E-state index < -0.39 is 0 Å². The molecule has 0 atom stereocenters. The normalized spacial score (nSPS) is 15.4. The number of hydrogen-bond acceptors (Lipinski definition) is 2. The molecule has 1 aliphatic carbocycles. The van der Waals surface area contributed by atoms with E-state index in [-0.39, 0.29) is 5.75 Å². The Morgan fingerprint density at radius 1 is 1.07 bits per heavy atom. The number of hydrogen-bond donors (Lipinski definition) is 2. The Bertz CT molecular complexity index is 412. The smallest absolute Gasteiger partial charge is 0.115 e. The lowest BCUT2D eigenvalue weighted by Gasteiger charge is -2.07. The van der Waals surface area contributed by atoms with Gasteiger partial charge in [-0.25, -0.2) is 0 Å². The maximum atomic E-state index is 9.13. The minimum atomic E-state index is 0.280. The second-order valence-electron chi connectivity index (χ2n) is 3.27. The molecule has 0 amide bonds. The average Bonchev–Trinajstić information content (AvgIpc) is 2.21. The van der Waals surface area contributed by atoms with Crippen LogP contribution in [0, 0.1) is 5.41 Å². The molecule has 2 rings (SSSR count). The largest absolute Gasteiger partial charge is 0.508 e. The molecule has 1 aromatic carbocycles. The number of benzene rings is 1. The molecule has 0 radical (unpaired) electrons. The third-order valence-corrected chi connectivity index (χ3v) is 2.21. The molecule has 0 saturated heterocycles. The molecule has 0 saturated carbocycles. The van der Waals surface area contributed by atoms with Gasteiger partial charge in [-0.15, -0.1) is 0 Å². The standard InChI is InChI=1S/C12H11NO/c13-11-5-1-9(2-6-11)10-3-7-12(14)8-4-10/h1-5,7-8,13-14H,6H2. The third kappa shape index (κ3) is 1.74. The Labute approximate surface area is 82.7 Å². The molecule has 2 N–H and O–H groups in total. The number of phenols is 1. The molecule has 0 aromatic heterocycles. The summed E-state index contributed by atoms with van der Waals surface area (Å²) in [5, 5.41) is 16.5. The van der Waals surface area contributed by atoms with Crippen LogP contribution in [-0.2, 0) is 0 Å². The van der Waals surface area contributed by atoms with Crippen molar-refractivity contribution in [3.05, 3.63) is 48.1 Å². The number of rotatable bonds is 1. The first-order chi connectivity index (χ1) is 6.75. The zero-order valence-corrected chi connectivity index (χ0v) is 7.70. The zero-order valence-electron chi connectivity index (χ0n) is 7.70. The number of aromatic hydroxyl groups is 1. The maximum absolute atomic E-state index is 9.13. The number of allylic oxidation sites excluding steroid dienone is 4. The van der Waals surface area contributed by atoms with Crippen molar-refractivity contribution in [1.29, 1.82) is 5.41 Å². The summed E-state index contributed by atoms with van der Waals surface area (Å²) in [6, 6.07) is 7.09. The predicted octanol–water partition coefficient (Wildman–Crippen LogP) is 2.76. The maximum Gasteiger partial charge on any atom is 0.115 e. The van der Waals surface area contributed by atoms with Crippen molar-refractivity contribution >= 4 is 11.3 Å². The van der Waals surface area contributed by atoms with Crippen LogP contribution in [0.3, 0.4) is 0 Å². The molecule has 0 aliphatic heterocycles.